The van der Waals surface area contributed by atoms with E-state index in [0.717, 1.165) is 10.6 Å². The Hall–Kier alpha value is -2.00. The van der Waals surface area contributed by atoms with Crippen LogP contribution in [0.15, 0.2) is 54.6 Å². The van der Waals surface area contributed by atoms with Gasteiger partial charge in [-0.2, -0.15) is 0 Å². The van der Waals surface area contributed by atoms with E-state index >= 15 is 0 Å². The lowest BCUT2D eigenvalue weighted by molar-refractivity contribution is 0.0279. The first-order chi connectivity index (χ1) is 9.28. The molecule has 1 heterocycles. The first-order valence-corrected chi connectivity index (χ1v) is 6.52. The molecule has 1 atom stereocenters. The SMILES string of the molecule is CCC1(c2ccccc2)COc2ccccc2N1[O]. The molecule has 0 aliphatic carbocycles. The third kappa shape index (κ3) is 1.78. The predicted molar refractivity (Wildman–Crippen MR) is 73.5 cm³/mol. The summed E-state index contributed by atoms with van der Waals surface area (Å²) in [5, 5.41) is 13.9. The fraction of sp³-hybridized carbons (Fsp3) is 0.250. The predicted octanol–water partition coefficient (Wildman–Crippen LogP) is 3.54. The normalized spacial score (nSPS) is 21.7. The summed E-state index contributed by atoms with van der Waals surface area (Å²) in [6, 6.07) is 17.3. The van der Waals surface area contributed by atoms with Crippen molar-refractivity contribution in [2.75, 3.05) is 11.7 Å². The molecular formula is C16H16NO2. The number of fused-ring (bicyclic) bond motifs is 1. The lowest BCUT2D eigenvalue weighted by atomic mass is 9.86. The van der Waals surface area contributed by atoms with Crippen LogP contribution in [0.2, 0.25) is 0 Å². The number of anilines is 1. The van der Waals surface area contributed by atoms with Gasteiger partial charge < -0.3 is 4.74 Å². The van der Waals surface area contributed by atoms with E-state index in [4.69, 9.17) is 4.74 Å². The molecule has 1 radical (unpaired) electrons. The molecule has 3 nitrogen and oxygen atoms in total. The fourth-order valence-electron chi connectivity index (χ4n) is 2.63. The molecule has 0 fully saturated rings. The monoisotopic (exact) mass is 254 g/mol. The van der Waals surface area contributed by atoms with Crippen molar-refractivity contribution in [2.24, 2.45) is 0 Å². The second-order valence-electron chi connectivity index (χ2n) is 4.80. The highest BCUT2D eigenvalue weighted by Gasteiger charge is 2.43. The Kier molecular flexibility index (Phi) is 2.91. The van der Waals surface area contributed by atoms with Gasteiger partial charge in [-0.15, -0.1) is 0 Å². The lowest BCUT2D eigenvalue weighted by Crippen LogP contribution is -2.50. The molecule has 2 aromatic rings. The number of nitrogens with zero attached hydrogens (tertiary/aromatic N) is 1. The topological polar surface area (TPSA) is 32.4 Å². The van der Waals surface area contributed by atoms with Crippen molar-refractivity contribution in [1.82, 2.24) is 0 Å². The van der Waals surface area contributed by atoms with Crippen LogP contribution in [0, 0.1) is 0 Å². The smallest absolute Gasteiger partial charge is 0.145 e. The Bertz CT molecular complexity index is 570. The molecule has 0 saturated carbocycles. The highest BCUT2D eigenvalue weighted by Crippen LogP contribution is 2.43. The average Bonchev–Trinajstić information content (AvgIpc) is 2.49. The van der Waals surface area contributed by atoms with E-state index in [1.165, 1.54) is 0 Å². The molecule has 0 saturated heterocycles. The van der Waals surface area contributed by atoms with Gasteiger partial charge in [0.05, 0.1) is 0 Å². The maximum Gasteiger partial charge on any atom is 0.145 e. The van der Waals surface area contributed by atoms with Crippen LogP contribution in [0.1, 0.15) is 18.9 Å². The van der Waals surface area contributed by atoms with Gasteiger partial charge in [-0.05, 0) is 24.1 Å². The van der Waals surface area contributed by atoms with Crippen LogP contribution in [-0.4, -0.2) is 6.61 Å². The molecule has 1 aliphatic rings. The van der Waals surface area contributed by atoms with Crippen LogP contribution < -0.4 is 9.80 Å². The quantitative estimate of drug-likeness (QED) is 0.821. The molecule has 19 heavy (non-hydrogen) atoms. The van der Waals surface area contributed by atoms with Crippen LogP contribution >= 0.6 is 0 Å². The summed E-state index contributed by atoms with van der Waals surface area (Å²) in [5.41, 5.74) is 0.983. The van der Waals surface area contributed by atoms with E-state index in [9.17, 15) is 5.21 Å². The van der Waals surface area contributed by atoms with Gasteiger partial charge in [0.25, 0.3) is 0 Å². The van der Waals surface area contributed by atoms with Gasteiger partial charge in [0.1, 0.15) is 23.6 Å². The summed E-state index contributed by atoms with van der Waals surface area (Å²) < 4.78 is 5.81. The third-order valence-corrected chi connectivity index (χ3v) is 3.84. The highest BCUT2D eigenvalue weighted by molar-refractivity contribution is 5.61. The maximum absolute atomic E-state index is 12.8. The van der Waals surface area contributed by atoms with Crippen LogP contribution in [0.3, 0.4) is 0 Å². The van der Waals surface area contributed by atoms with Crippen molar-refractivity contribution in [3.8, 4) is 5.75 Å². The summed E-state index contributed by atoms with van der Waals surface area (Å²) in [6.45, 7) is 2.41. The van der Waals surface area contributed by atoms with Crippen LogP contribution in [0.5, 0.6) is 5.75 Å². The van der Waals surface area contributed by atoms with Crippen molar-refractivity contribution in [3.05, 3.63) is 60.2 Å². The largest absolute Gasteiger partial charge is 0.488 e. The number of hydroxylamine groups is 1. The lowest BCUT2D eigenvalue weighted by Gasteiger charge is -2.43. The van der Waals surface area contributed by atoms with Gasteiger partial charge in [0.15, 0.2) is 0 Å². The summed E-state index contributed by atoms with van der Waals surface area (Å²) in [6.07, 6.45) is 0.703. The van der Waals surface area contributed by atoms with Crippen molar-refractivity contribution >= 4 is 5.69 Å². The molecule has 3 heteroatoms. The molecule has 3 rings (SSSR count). The molecule has 1 aliphatic heterocycles. The van der Waals surface area contributed by atoms with E-state index in [-0.39, 0.29) is 0 Å². The molecule has 2 aromatic carbocycles. The summed E-state index contributed by atoms with van der Waals surface area (Å²) in [7, 11) is 0. The van der Waals surface area contributed by atoms with Gasteiger partial charge in [-0.25, -0.2) is 5.06 Å². The minimum atomic E-state index is -0.629. The molecule has 1 unspecified atom stereocenters. The molecule has 0 aromatic heterocycles. The Morgan fingerprint density at radius 3 is 2.53 bits per heavy atom. The maximum atomic E-state index is 12.8. The minimum absolute atomic E-state index is 0.383. The summed E-state index contributed by atoms with van der Waals surface area (Å²) in [4.78, 5) is 0. The Balaban J connectivity index is 2.10. The van der Waals surface area contributed by atoms with Gasteiger partial charge in [-0.3, -0.25) is 0 Å². The van der Waals surface area contributed by atoms with Crippen molar-refractivity contribution < 1.29 is 9.94 Å². The Morgan fingerprint density at radius 2 is 1.79 bits per heavy atom. The van der Waals surface area contributed by atoms with E-state index < -0.39 is 5.54 Å². The van der Waals surface area contributed by atoms with Crippen molar-refractivity contribution in [2.45, 2.75) is 18.9 Å². The van der Waals surface area contributed by atoms with Crippen LogP contribution in [-0.2, 0) is 10.7 Å². The number of ether oxygens (including phenoxy) is 1. The molecule has 0 amide bonds. The van der Waals surface area contributed by atoms with Gasteiger partial charge in [-0.1, -0.05) is 54.6 Å². The van der Waals surface area contributed by atoms with E-state index in [1.54, 1.807) is 0 Å². The first kappa shape index (κ1) is 12.1. The zero-order valence-corrected chi connectivity index (χ0v) is 10.9. The molecule has 0 N–H and O–H groups in total. The van der Waals surface area contributed by atoms with Gasteiger partial charge in [0.2, 0.25) is 0 Å². The fourth-order valence-corrected chi connectivity index (χ4v) is 2.63. The minimum Gasteiger partial charge on any atom is -0.488 e. The number of rotatable bonds is 2. The van der Waals surface area contributed by atoms with Gasteiger partial charge in [0, 0.05) is 0 Å². The Labute approximate surface area is 113 Å². The van der Waals surface area contributed by atoms with E-state index in [0.29, 0.717) is 24.5 Å². The molecular weight excluding hydrogens is 238 g/mol. The summed E-state index contributed by atoms with van der Waals surface area (Å²) in [5.74, 6) is 0.664. The summed E-state index contributed by atoms with van der Waals surface area (Å²) >= 11 is 0. The zero-order chi connectivity index (χ0) is 13.3. The van der Waals surface area contributed by atoms with E-state index in [1.807, 2.05) is 61.5 Å². The zero-order valence-electron chi connectivity index (χ0n) is 10.9. The van der Waals surface area contributed by atoms with Crippen molar-refractivity contribution in [1.29, 1.82) is 0 Å². The molecule has 0 spiro atoms. The number of hydrogen-bond donors (Lipinski definition) is 0. The average molecular weight is 254 g/mol. The highest BCUT2D eigenvalue weighted by atomic mass is 16.5. The molecule has 97 valence electrons. The van der Waals surface area contributed by atoms with E-state index in [2.05, 4.69) is 0 Å². The van der Waals surface area contributed by atoms with Crippen LogP contribution in [0.25, 0.3) is 0 Å². The third-order valence-electron chi connectivity index (χ3n) is 3.84. The molecule has 0 bridgehead atoms. The number of hydrogen-bond acceptors (Lipinski definition) is 2. The second-order valence-corrected chi connectivity index (χ2v) is 4.80. The number of benzene rings is 2. The van der Waals surface area contributed by atoms with Gasteiger partial charge >= 0.3 is 0 Å². The van der Waals surface area contributed by atoms with Crippen molar-refractivity contribution in [3.63, 3.8) is 0 Å². The number of para-hydroxylation sites is 2. The first-order valence-electron chi connectivity index (χ1n) is 6.52. The van der Waals surface area contributed by atoms with Crippen LogP contribution in [0.4, 0.5) is 5.69 Å². The second kappa shape index (κ2) is 4.59. The Morgan fingerprint density at radius 1 is 1.11 bits per heavy atom. The standard InChI is InChI=1S/C16H16NO2/c1-2-16(13-8-4-3-5-9-13)12-19-15-11-7-6-10-14(15)17(16)18/h3-11H,2,12H2,1H3.